The molecule has 0 aliphatic heterocycles. The number of ketones is 1. The fourth-order valence-electron chi connectivity index (χ4n) is 3.22. The first kappa shape index (κ1) is 20.2. The predicted octanol–water partition coefficient (Wildman–Crippen LogP) is 7.11. The number of anilines is 1. The van der Waals surface area contributed by atoms with Gasteiger partial charge in [0.25, 0.3) is 0 Å². The molecule has 0 unspecified atom stereocenters. The maximum Gasteiger partial charge on any atom is 0.165 e. The van der Waals surface area contributed by atoms with Crippen molar-refractivity contribution in [2.24, 2.45) is 0 Å². The molecule has 0 heterocycles. The Hall–Kier alpha value is -2.58. The summed E-state index contributed by atoms with van der Waals surface area (Å²) in [5.74, 6) is 0.118. The average Bonchev–Trinajstić information content (AvgIpc) is 2.74. The summed E-state index contributed by atoms with van der Waals surface area (Å²) in [5.41, 5.74) is 4.14. The molecule has 0 saturated heterocycles. The topological polar surface area (TPSA) is 29.1 Å². The second-order valence-electron chi connectivity index (χ2n) is 7.04. The number of nitrogens with one attached hydrogen (secondary N) is 1. The van der Waals surface area contributed by atoms with Gasteiger partial charge < -0.3 is 5.32 Å². The minimum atomic E-state index is -0.119. The summed E-state index contributed by atoms with van der Waals surface area (Å²) in [4.78, 5) is 12.8. The molecule has 3 heteroatoms. The number of halogens is 1. The Bertz CT molecular complexity index is 873. The summed E-state index contributed by atoms with van der Waals surface area (Å²) in [6.07, 6.45) is 3.87. The molecular formula is C25H26ClNO. The van der Waals surface area contributed by atoms with Crippen molar-refractivity contribution in [2.45, 2.75) is 38.6 Å². The molecule has 1 atom stereocenters. The maximum atomic E-state index is 12.8. The second kappa shape index (κ2) is 10.1. The van der Waals surface area contributed by atoms with Crippen LogP contribution in [0.2, 0.25) is 5.02 Å². The van der Waals surface area contributed by atoms with E-state index in [1.54, 1.807) is 0 Å². The highest BCUT2D eigenvalue weighted by atomic mass is 35.5. The number of Topliss-reactive ketones (excluding diaryl/α,β-unsaturated/α-hetero) is 1. The summed E-state index contributed by atoms with van der Waals surface area (Å²) in [5, 5.41) is 4.23. The van der Waals surface area contributed by atoms with Gasteiger partial charge in [-0.05, 0) is 48.2 Å². The third-order valence-corrected chi connectivity index (χ3v) is 5.12. The van der Waals surface area contributed by atoms with Gasteiger partial charge in [0.05, 0.1) is 6.04 Å². The van der Waals surface area contributed by atoms with Crippen LogP contribution >= 0.6 is 11.6 Å². The Kier molecular flexibility index (Phi) is 7.27. The number of unbranched alkanes of at least 4 members (excludes halogenated alkanes) is 1. The van der Waals surface area contributed by atoms with Crippen LogP contribution in [0.4, 0.5) is 5.69 Å². The van der Waals surface area contributed by atoms with Crippen LogP contribution in [0.1, 0.15) is 53.7 Å². The number of rotatable bonds is 9. The number of hydrogen-bond acceptors (Lipinski definition) is 2. The largest absolute Gasteiger partial charge is 0.378 e. The van der Waals surface area contributed by atoms with Crippen molar-refractivity contribution >= 4 is 23.1 Å². The van der Waals surface area contributed by atoms with Gasteiger partial charge in [0.1, 0.15) is 0 Å². The molecular weight excluding hydrogens is 366 g/mol. The predicted molar refractivity (Wildman–Crippen MR) is 118 cm³/mol. The van der Waals surface area contributed by atoms with Gasteiger partial charge in [-0.1, -0.05) is 79.5 Å². The van der Waals surface area contributed by atoms with Gasteiger partial charge in [0.15, 0.2) is 5.78 Å². The molecule has 3 aromatic rings. The van der Waals surface area contributed by atoms with Crippen LogP contribution in [0.5, 0.6) is 0 Å². The molecule has 3 aromatic carbocycles. The van der Waals surface area contributed by atoms with E-state index in [4.69, 9.17) is 11.6 Å². The Morgan fingerprint density at radius 1 is 0.929 bits per heavy atom. The van der Waals surface area contributed by atoms with E-state index in [-0.39, 0.29) is 11.8 Å². The standard InChI is InChI=1S/C25H26ClNO/c1-2-3-7-19-10-16-23(17-11-19)27-24(20-12-14-22(26)15-13-20)18-25(28)21-8-5-4-6-9-21/h4-6,8-17,24,27H,2-3,7,18H2,1H3/t24-/m0/s1. The molecule has 2 nitrogen and oxygen atoms in total. The number of carbonyl (C=O) groups is 1. The molecule has 3 rings (SSSR count). The Morgan fingerprint density at radius 2 is 1.61 bits per heavy atom. The Balaban J connectivity index is 1.78. The number of benzene rings is 3. The lowest BCUT2D eigenvalue weighted by Gasteiger charge is -2.20. The lowest BCUT2D eigenvalue weighted by Crippen LogP contribution is -2.16. The third kappa shape index (κ3) is 5.71. The fraction of sp³-hybridized carbons (Fsp3) is 0.240. The van der Waals surface area contributed by atoms with Gasteiger partial charge in [-0.25, -0.2) is 0 Å². The van der Waals surface area contributed by atoms with E-state index in [0.717, 1.165) is 23.2 Å². The van der Waals surface area contributed by atoms with Crippen LogP contribution in [0.25, 0.3) is 0 Å². The highest BCUT2D eigenvalue weighted by Crippen LogP contribution is 2.26. The van der Waals surface area contributed by atoms with E-state index in [1.165, 1.54) is 18.4 Å². The van der Waals surface area contributed by atoms with Gasteiger partial charge in [-0.2, -0.15) is 0 Å². The smallest absolute Gasteiger partial charge is 0.165 e. The number of carbonyl (C=O) groups excluding carboxylic acids is 1. The molecule has 0 bridgehead atoms. The van der Waals surface area contributed by atoms with Crippen LogP contribution < -0.4 is 5.32 Å². The fourth-order valence-corrected chi connectivity index (χ4v) is 3.35. The zero-order valence-corrected chi connectivity index (χ0v) is 17.0. The summed E-state index contributed by atoms with van der Waals surface area (Å²) in [6, 6.07) is 25.5. The summed E-state index contributed by atoms with van der Waals surface area (Å²) in [7, 11) is 0. The molecule has 0 amide bonds. The first-order valence-corrected chi connectivity index (χ1v) is 10.2. The van der Waals surface area contributed by atoms with E-state index in [1.807, 2.05) is 54.6 Å². The molecule has 144 valence electrons. The highest BCUT2D eigenvalue weighted by molar-refractivity contribution is 6.30. The minimum absolute atomic E-state index is 0.118. The van der Waals surface area contributed by atoms with Gasteiger partial charge >= 0.3 is 0 Å². The molecule has 0 spiro atoms. The van der Waals surface area contributed by atoms with E-state index >= 15 is 0 Å². The average molecular weight is 392 g/mol. The minimum Gasteiger partial charge on any atom is -0.378 e. The van der Waals surface area contributed by atoms with Crippen molar-refractivity contribution in [1.29, 1.82) is 0 Å². The van der Waals surface area contributed by atoms with E-state index in [2.05, 4.69) is 36.5 Å². The van der Waals surface area contributed by atoms with Crippen molar-refractivity contribution < 1.29 is 4.79 Å². The van der Waals surface area contributed by atoms with Gasteiger partial charge in [0.2, 0.25) is 0 Å². The van der Waals surface area contributed by atoms with E-state index in [9.17, 15) is 4.79 Å². The molecule has 0 aliphatic carbocycles. The van der Waals surface area contributed by atoms with Gasteiger partial charge in [-0.3, -0.25) is 4.79 Å². The zero-order chi connectivity index (χ0) is 19.8. The first-order valence-electron chi connectivity index (χ1n) is 9.85. The van der Waals surface area contributed by atoms with Gasteiger partial charge in [-0.15, -0.1) is 0 Å². The highest BCUT2D eigenvalue weighted by Gasteiger charge is 2.17. The van der Waals surface area contributed by atoms with Crippen molar-refractivity contribution in [1.82, 2.24) is 0 Å². The molecule has 0 fully saturated rings. The third-order valence-electron chi connectivity index (χ3n) is 4.87. The maximum absolute atomic E-state index is 12.8. The quantitative estimate of drug-likeness (QED) is 0.394. The zero-order valence-electron chi connectivity index (χ0n) is 16.2. The lowest BCUT2D eigenvalue weighted by atomic mass is 9.97. The van der Waals surface area contributed by atoms with Crippen LogP contribution in [-0.2, 0) is 6.42 Å². The van der Waals surface area contributed by atoms with E-state index < -0.39 is 0 Å². The number of aryl methyl sites for hydroxylation is 1. The van der Waals surface area contributed by atoms with Crippen molar-refractivity contribution in [3.63, 3.8) is 0 Å². The lowest BCUT2D eigenvalue weighted by molar-refractivity contribution is 0.0976. The molecule has 1 N–H and O–H groups in total. The van der Waals surface area contributed by atoms with Gasteiger partial charge in [0, 0.05) is 22.7 Å². The van der Waals surface area contributed by atoms with Crippen LogP contribution in [0, 0.1) is 0 Å². The van der Waals surface area contributed by atoms with Crippen LogP contribution in [0.3, 0.4) is 0 Å². The first-order chi connectivity index (χ1) is 13.7. The van der Waals surface area contributed by atoms with Crippen molar-refractivity contribution in [3.8, 4) is 0 Å². The van der Waals surface area contributed by atoms with Crippen LogP contribution in [0.15, 0.2) is 78.9 Å². The van der Waals surface area contributed by atoms with Crippen molar-refractivity contribution in [3.05, 3.63) is 101 Å². The molecule has 0 aliphatic rings. The Labute approximate surface area is 172 Å². The molecule has 0 saturated carbocycles. The van der Waals surface area contributed by atoms with Crippen LogP contribution in [-0.4, -0.2) is 5.78 Å². The number of hydrogen-bond donors (Lipinski definition) is 1. The second-order valence-corrected chi connectivity index (χ2v) is 7.48. The Morgan fingerprint density at radius 3 is 2.25 bits per heavy atom. The summed E-state index contributed by atoms with van der Waals surface area (Å²) >= 11 is 6.05. The summed E-state index contributed by atoms with van der Waals surface area (Å²) in [6.45, 7) is 2.20. The SMILES string of the molecule is CCCCc1ccc(N[C@@H](CC(=O)c2ccccc2)c2ccc(Cl)cc2)cc1. The summed E-state index contributed by atoms with van der Waals surface area (Å²) < 4.78 is 0. The van der Waals surface area contributed by atoms with E-state index in [0.29, 0.717) is 11.4 Å². The molecule has 0 radical (unpaired) electrons. The molecule has 0 aromatic heterocycles. The normalized spacial score (nSPS) is 11.8. The monoisotopic (exact) mass is 391 g/mol. The van der Waals surface area contributed by atoms with Crippen molar-refractivity contribution in [2.75, 3.05) is 5.32 Å². The molecule has 28 heavy (non-hydrogen) atoms.